The van der Waals surface area contributed by atoms with Gasteiger partial charge in [0.1, 0.15) is 5.84 Å². The SMILES string of the molecule is CCOC(=O)C1(SC)N=C(Nc2ccccc2NC(=O)Nc2c(C)cccc2C)C=CN1. The Morgan fingerprint density at radius 2 is 1.75 bits per heavy atom. The molecule has 32 heavy (non-hydrogen) atoms. The predicted octanol–water partition coefficient (Wildman–Crippen LogP) is 4.45. The van der Waals surface area contributed by atoms with Gasteiger partial charge in [-0.05, 0) is 56.4 Å². The zero-order chi connectivity index (χ0) is 23.1. The smallest absolute Gasteiger partial charge is 0.366 e. The lowest BCUT2D eigenvalue weighted by Crippen LogP contribution is -2.49. The fraction of sp³-hybridized carbons (Fsp3) is 0.261. The van der Waals surface area contributed by atoms with Crippen LogP contribution in [0.4, 0.5) is 21.9 Å². The van der Waals surface area contributed by atoms with Crippen molar-refractivity contribution in [2.45, 2.75) is 25.8 Å². The highest BCUT2D eigenvalue weighted by atomic mass is 32.2. The lowest BCUT2D eigenvalue weighted by molar-refractivity contribution is -0.146. The lowest BCUT2D eigenvalue weighted by atomic mass is 10.1. The zero-order valence-electron chi connectivity index (χ0n) is 18.5. The van der Waals surface area contributed by atoms with Gasteiger partial charge >= 0.3 is 12.0 Å². The van der Waals surface area contributed by atoms with Crippen molar-refractivity contribution in [3.63, 3.8) is 0 Å². The summed E-state index contributed by atoms with van der Waals surface area (Å²) in [6.07, 6.45) is 5.13. The minimum atomic E-state index is -1.27. The molecule has 1 aliphatic heterocycles. The molecule has 2 aromatic rings. The highest BCUT2D eigenvalue weighted by Gasteiger charge is 2.40. The highest BCUT2D eigenvalue weighted by molar-refractivity contribution is 8.00. The first-order valence-corrected chi connectivity index (χ1v) is 11.4. The molecule has 4 N–H and O–H groups in total. The molecule has 1 aliphatic rings. The van der Waals surface area contributed by atoms with E-state index in [1.807, 2.05) is 50.2 Å². The van der Waals surface area contributed by atoms with Crippen LogP contribution >= 0.6 is 11.8 Å². The number of anilines is 3. The number of amides is 2. The van der Waals surface area contributed by atoms with Crippen LogP contribution in [0.3, 0.4) is 0 Å². The first kappa shape index (κ1) is 23.2. The van der Waals surface area contributed by atoms with E-state index in [0.717, 1.165) is 16.8 Å². The maximum absolute atomic E-state index is 12.7. The Morgan fingerprint density at radius 3 is 2.41 bits per heavy atom. The number of aliphatic imine (C=N–C) groups is 1. The topological polar surface area (TPSA) is 104 Å². The normalized spacial score (nSPS) is 17.1. The van der Waals surface area contributed by atoms with Gasteiger partial charge in [-0.2, -0.15) is 0 Å². The molecule has 0 bridgehead atoms. The Balaban J connectivity index is 1.79. The quantitative estimate of drug-likeness (QED) is 0.482. The number of carbonyl (C=O) groups excluding carboxylic acids is 2. The van der Waals surface area contributed by atoms with E-state index in [2.05, 4.69) is 26.3 Å². The van der Waals surface area contributed by atoms with Crippen LogP contribution in [0.1, 0.15) is 18.1 Å². The van der Waals surface area contributed by atoms with Crippen LogP contribution in [0.15, 0.2) is 59.7 Å². The van der Waals surface area contributed by atoms with Crippen LogP contribution in [0.25, 0.3) is 0 Å². The minimum Gasteiger partial charge on any atom is -0.462 e. The van der Waals surface area contributed by atoms with E-state index < -0.39 is 11.0 Å². The number of urea groups is 1. The Labute approximate surface area is 191 Å². The van der Waals surface area contributed by atoms with Gasteiger partial charge in [0.05, 0.1) is 18.0 Å². The number of carbonyl (C=O) groups is 2. The van der Waals surface area contributed by atoms with E-state index in [-0.39, 0.29) is 12.6 Å². The summed E-state index contributed by atoms with van der Waals surface area (Å²) in [5, 5.41) is 11.9. The molecule has 0 aromatic heterocycles. The Kier molecular flexibility index (Phi) is 7.42. The Morgan fingerprint density at radius 1 is 1.06 bits per heavy atom. The van der Waals surface area contributed by atoms with Gasteiger partial charge in [0.25, 0.3) is 4.99 Å². The summed E-state index contributed by atoms with van der Waals surface area (Å²) >= 11 is 1.23. The first-order chi connectivity index (χ1) is 15.4. The van der Waals surface area contributed by atoms with E-state index in [9.17, 15) is 9.59 Å². The van der Waals surface area contributed by atoms with E-state index in [1.165, 1.54) is 11.8 Å². The second kappa shape index (κ2) is 10.2. The molecule has 8 nitrogen and oxygen atoms in total. The standard InChI is InChI=1S/C23H27N5O3S/c1-5-31-21(29)23(32-4)24-14-13-19(28-23)25-17-11-6-7-12-18(17)26-22(30)27-20-15(2)9-8-10-16(20)3/h6-14,24H,5H2,1-4H3,(H,25,28)(H2,26,27,30). The molecule has 2 aromatic carbocycles. The van der Waals surface area contributed by atoms with Crippen molar-refractivity contribution < 1.29 is 14.3 Å². The largest absolute Gasteiger partial charge is 0.462 e. The molecule has 168 valence electrons. The molecule has 1 unspecified atom stereocenters. The number of ether oxygens (including phenoxy) is 1. The van der Waals surface area contributed by atoms with Crippen molar-refractivity contribution in [3.8, 4) is 0 Å². The fourth-order valence-electron chi connectivity index (χ4n) is 3.18. The molecular formula is C23H27N5O3S. The van der Waals surface area contributed by atoms with Gasteiger partial charge in [-0.3, -0.25) is 0 Å². The molecule has 1 heterocycles. The minimum absolute atomic E-state index is 0.257. The summed E-state index contributed by atoms with van der Waals surface area (Å²) < 4.78 is 5.17. The van der Waals surface area contributed by atoms with Crippen molar-refractivity contribution >= 4 is 46.7 Å². The number of benzene rings is 2. The van der Waals surface area contributed by atoms with Crippen molar-refractivity contribution in [1.82, 2.24) is 5.32 Å². The molecule has 0 saturated carbocycles. The molecule has 0 aliphatic carbocycles. The van der Waals surface area contributed by atoms with Crippen molar-refractivity contribution in [1.29, 1.82) is 0 Å². The van der Waals surface area contributed by atoms with Gasteiger partial charge < -0.3 is 26.0 Å². The lowest BCUT2D eigenvalue weighted by Gasteiger charge is -2.29. The number of thioether (sulfide) groups is 1. The van der Waals surface area contributed by atoms with E-state index in [4.69, 9.17) is 4.74 Å². The summed E-state index contributed by atoms with van der Waals surface area (Å²) in [6.45, 7) is 5.90. The van der Waals surface area contributed by atoms with Crippen LogP contribution in [-0.4, -0.2) is 35.7 Å². The first-order valence-electron chi connectivity index (χ1n) is 10.1. The Bertz CT molecular complexity index is 1050. The van der Waals surface area contributed by atoms with Crippen LogP contribution in [0.5, 0.6) is 0 Å². The number of hydrogen-bond acceptors (Lipinski definition) is 7. The van der Waals surface area contributed by atoms with E-state index in [0.29, 0.717) is 17.2 Å². The molecule has 1 atom stereocenters. The average Bonchev–Trinajstić information content (AvgIpc) is 2.78. The fourth-order valence-corrected chi connectivity index (χ4v) is 3.78. The summed E-state index contributed by atoms with van der Waals surface area (Å²) in [7, 11) is 0. The second-order valence-corrected chi connectivity index (χ2v) is 8.06. The maximum atomic E-state index is 12.7. The summed E-state index contributed by atoms with van der Waals surface area (Å²) in [5.41, 5.74) is 3.94. The predicted molar refractivity (Wildman–Crippen MR) is 131 cm³/mol. The number of nitrogens with zero attached hydrogens (tertiary/aromatic N) is 1. The molecule has 2 amide bonds. The van der Waals surface area contributed by atoms with Crippen LogP contribution in [0.2, 0.25) is 0 Å². The monoisotopic (exact) mass is 453 g/mol. The number of amidine groups is 1. The molecule has 0 radical (unpaired) electrons. The number of rotatable bonds is 6. The van der Waals surface area contributed by atoms with Gasteiger partial charge in [0.2, 0.25) is 0 Å². The number of nitrogens with one attached hydrogen (secondary N) is 4. The van der Waals surface area contributed by atoms with Crippen LogP contribution in [0, 0.1) is 13.8 Å². The third-order valence-corrected chi connectivity index (χ3v) is 5.77. The summed E-state index contributed by atoms with van der Waals surface area (Å²) in [4.78, 5) is 28.4. The van der Waals surface area contributed by atoms with Crippen LogP contribution in [-0.2, 0) is 9.53 Å². The molecule has 3 rings (SSSR count). The van der Waals surface area contributed by atoms with Gasteiger partial charge in [-0.1, -0.05) is 30.3 Å². The van der Waals surface area contributed by atoms with Crippen molar-refractivity contribution in [2.75, 3.05) is 28.8 Å². The average molecular weight is 454 g/mol. The highest BCUT2D eigenvalue weighted by Crippen LogP contribution is 2.28. The van der Waals surface area contributed by atoms with E-state index in [1.54, 1.807) is 31.5 Å². The summed E-state index contributed by atoms with van der Waals surface area (Å²) in [5.74, 6) is -0.0221. The van der Waals surface area contributed by atoms with Gasteiger partial charge in [0, 0.05) is 11.9 Å². The number of para-hydroxylation sites is 3. The van der Waals surface area contributed by atoms with Gasteiger partial charge in [-0.25, -0.2) is 14.6 Å². The molecule has 9 heteroatoms. The third-order valence-electron chi connectivity index (χ3n) is 4.80. The van der Waals surface area contributed by atoms with Gasteiger partial charge in [0.15, 0.2) is 0 Å². The van der Waals surface area contributed by atoms with Crippen molar-refractivity contribution in [3.05, 3.63) is 65.9 Å². The maximum Gasteiger partial charge on any atom is 0.366 e. The molecule has 0 fully saturated rings. The zero-order valence-corrected chi connectivity index (χ0v) is 19.3. The number of aryl methyl sites for hydroxylation is 2. The third kappa shape index (κ3) is 5.23. The Hall–Kier alpha value is -3.46. The molecule has 0 spiro atoms. The van der Waals surface area contributed by atoms with Crippen LogP contribution < -0.4 is 21.3 Å². The second-order valence-electron chi connectivity index (χ2n) is 7.06. The number of hydrogen-bond donors (Lipinski definition) is 4. The molecular weight excluding hydrogens is 426 g/mol. The van der Waals surface area contributed by atoms with E-state index >= 15 is 0 Å². The number of esters is 1. The summed E-state index contributed by atoms with van der Waals surface area (Å²) in [6, 6.07) is 12.8. The molecule has 0 saturated heterocycles. The van der Waals surface area contributed by atoms with Gasteiger partial charge in [-0.15, -0.1) is 11.8 Å². The van der Waals surface area contributed by atoms with Crippen molar-refractivity contribution in [2.24, 2.45) is 4.99 Å².